The van der Waals surface area contributed by atoms with Gasteiger partial charge in [-0.3, -0.25) is 4.79 Å². The fourth-order valence-corrected chi connectivity index (χ4v) is 1.66. The highest BCUT2D eigenvalue weighted by atomic mass is 32.1. The van der Waals surface area contributed by atoms with Crippen LogP contribution >= 0.6 is 11.3 Å². The predicted octanol–water partition coefficient (Wildman–Crippen LogP) is 1.09. The van der Waals surface area contributed by atoms with Crippen LogP contribution in [-0.2, 0) is 0 Å². The zero-order chi connectivity index (χ0) is 8.55. The number of nitrogens with zero attached hydrogens (tertiary/aromatic N) is 2. The lowest BCUT2D eigenvalue weighted by molar-refractivity contribution is 0.112. The summed E-state index contributed by atoms with van der Waals surface area (Å²) in [6.45, 7) is 0. The monoisotopic (exact) mass is 179 g/mol. The van der Waals surface area contributed by atoms with Gasteiger partial charge in [-0.15, -0.1) is 0 Å². The molecule has 2 heterocycles. The molecule has 2 rings (SSSR count). The van der Waals surface area contributed by atoms with Crippen LogP contribution in [0.1, 0.15) is 10.4 Å². The largest absolute Gasteiger partial charge is 0.375 e. The van der Waals surface area contributed by atoms with Crippen molar-refractivity contribution in [3.63, 3.8) is 0 Å². The van der Waals surface area contributed by atoms with Gasteiger partial charge in [0.2, 0.25) is 0 Å². The number of fused-ring (bicyclic) bond motifs is 1. The molecule has 0 saturated heterocycles. The Morgan fingerprint density at radius 1 is 1.58 bits per heavy atom. The van der Waals surface area contributed by atoms with Crippen molar-refractivity contribution in [1.82, 2.24) is 9.97 Å². The van der Waals surface area contributed by atoms with Crippen molar-refractivity contribution in [3.8, 4) is 0 Å². The van der Waals surface area contributed by atoms with Gasteiger partial charge in [0, 0.05) is 11.8 Å². The minimum absolute atomic E-state index is 0.473. The molecule has 0 spiro atoms. The number of nitrogen functional groups attached to an aromatic ring is 1. The first kappa shape index (κ1) is 7.17. The molecule has 0 unspecified atom stereocenters. The molecule has 2 aromatic heterocycles. The van der Waals surface area contributed by atoms with E-state index >= 15 is 0 Å². The van der Waals surface area contributed by atoms with E-state index in [1.165, 1.54) is 17.5 Å². The number of hydrogen-bond acceptors (Lipinski definition) is 5. The molecular formula is C7H5N3OS. The molecule has 0 bridgehead atoms. The Kier molecular flexibility index (Phi) is 1.51. The van der Waals surface area contributed by atoms with Crippen LogP contribution in [0.5, 0.6) is 0 Å². The summed E-state index contributed by atoms with van der Waals surface area (Å²) in [6.07, 6.45) is 2.23. The topological polar surface area (TPSA) is 68.9 Å². The first-order valence-electron chi connectivity index (χ1n) is 3.27. The van der Waals surface area contributed by atoms with Crippen LogP contribution in [0.25, 0.3) is 10.3 Å². The molecule has 0 aromatic carbocycles. The Hall–Kier alpha value is -1.49. The zero-order valence-electron chi connectivity index (χ0n) is 6.02. The minimum Gasteiger partial charge on any atom is -0.375 e. The number of thiazole rings is 1. The van der Waals surface area contributed by atoms with Crippen LogP contribution in [-0.4, -0.2) is 16.3 Å². The highest BCUT2D eigenvalue weighted by Crippen LogP contribution is 2.21. The lowest BCUT2D eigenvalue weighted by Gasteiger charge is -1.86. The molecular weight excluding hydrogens is 174 g/mol. The normalized spacial score (nSPS) is 10.3. The number of nitrogens with two attached hydrogens (primary N) is 1. The summed E-state index contributed by atoms with van der Waals surface area (Å²) in [6, 6.07) is 1.73. The van der Waals surface area contributed by atoms with Crippen molar-refractivity contribution in [1.29, 1.82) is 0 Å². The van der Waals surface area contributed by atoms with Gasteiger partial charge >= 0.3 is 0 Å². The maximum atomic E-state index is 10.4. The first-order valence-corrected chi connectivity index (χ1v) is 4.08. The van der Waals surface area contributed by atoms with Crippen molar-refractivity contribution in [2.45, 2.75) is 0 Å². The van der Waals surface area contributed by atoms with Gasteiger partial charge in [-0.2, -0.15) is 0 Å². The van der Waals surface area contributed by atoms with E-state index in [9.17, 15) is 4.79 Å². The van der Waals surface area contributed by atoms with E-state index in [0.717, 1.165) is 11.0 Å². The Bertz CT molecular complexity index is 437. The van der Waals surface area contributed by atoms with E-state index in [1.807, 2.05) is 0 Å². The van der Waals surface area contributed by atoms with Gasteiger partial charge < -0.3 is 5.73 Å². The molecule has 0 aliphatic carbocycles. The molecule has 5 heteroatoms. The molecule has 60 valence electrons. The molecule has 0 amide bonds. The van der Waals surface area contributed by atoms with Crippen LogP contribution in [0.2, 0.25) is 0 Å². The Morgan fingerprint density at radius 3 is 3.17 bits per heavy atom. The van der Waals surface area contributed by atoms with Crippen molar-refractivity contribution < 1.29 is 4.79 Å². The third kappa shape index (κ3) is 1.04. The number of hydrogen-bond donors (Lipinski definition) is 1. The fraction of sp³-hybridized carbons (Fsp3) is 0. The second kappa shape index (κ2) is 2.53. The molecule has 0 radical (unpaired) electrons. The van der Waals surface area contributed by atoms with E-state index in [1.54, 1.807) is 6.07 Å². The molecule has 0 aliphatic heterocycles. The van der Waals surface area contributed by atoms with Gasteiger partial charge in [-0.25, -0.2) is 9.97 Å². The molecule has 0 saturated carbocycles. The van der Waals surface area contributed by atoms with Crippen LogP contribution < -0.4 is 5.73 Å². The number of anilines is 1. The van der Waals surface area contributed by atoms with Crippen molar-refractivity contribution in [2.75, 3.05) is 5.73 Å². The maximum Gasteiger partial charge on any atom is 0.182 e. The highest BCUT2D eigenvalue weighted by molar-refractivity contribution is 7.22. The van der Waals surface area contributed by atoms with Crippen LogP contribution in [0.3, 0.4) is 0 Å². The quantitative estimate of drug-likeness (QED) is 0.665. The summed E-state index contributed by atoms with van der Waals surface area (Å²) in [7, 11) is 0. The highest BCUT2D eigenvalue weighted by Gasteiger charge is 2.01. The molecule has 0 fully saturated rings. The van der Waals surface area contributed by atoms with Crippen molar-refractivity contribution in [2.24, 2.45) is 0 Å². The molecule has 0 atom stereocenters. The van der Waals surface area contributed by atoms with E-state index in [0.29, 0.717) is 16.3 Å². The third-order valence-electron chi connectivity index (χ3n) is 1.42. The Labute approximate surface area is 72.1 Å². The molecule has 4 nitrogen and oxygen atoms in total. The summed E-state index contributed by atoms with van der Waals surface area (Å²) in [4.78, 5) is 18.3. The number of aromatic nitrogens is 2. The van der Waals surface area contributed by atoms with Crippen molar-refractivity contribution >= 4 is 33.1 Å². The average Bonchev–Trinajstić information content (AvgIpc) is 2.43. The van der Waals surface area contributed by atoms with Crippen LogP contribution in [0.15, 0.2) is 12.3 Å². The maximum absolute atomic E-state index is 10.4. The number of rotatable bonds is 1. The van der Waals surface area contributed by atoms with Gasteiger partial charge in [-0.05, 0) is 6.07 Å². The molecule has 2 N–H and O–H groups in total. The van der Waals surface area contributed by atoms with Gasteiger partial charge in [-0.1, -0.05) is 11.3 Å². The summed E-state index contributed by atoms with van der Waals surface area (Å²) in [5.74, 6) is 0. The average molecular weight is 179 g/mol. The summed E-state index contributed by atoms with van der Waals surface area (Å²) in [5.41, 5.74) is 6.61. The SMILES string of the molecule is Nc1nc2ncc(C=O)cc2s1. The molecule has 2 aromatic rings. The smallest absolute Gasteiger partial charge is 0.182 e. The zero-order valence-corrected chi connectivity index (χ0v) is 6.84. The van der Waals surface area contributed by atoms with Crippen LogP contribution in [0.4, 0.5) is 5.13 Å². The molecule has 12 heavy (non-hydrogen) atoms. The fourth-order valence-electron chi connectivity index (χ4n) is 0.916. The van der Waals surface area contributed by atoms with Gasteiger partial charge in [0.25, 0.3) is 0 Å². The van der Waals surface area contributed by atoms with Gasteiger partial charge in [0.15, 0.2) is 17.1 Å². The Balaban J connectivity index is 2.74. The second-order valence-corrected chi connectivity index (χ2v) is 3.32. The first-order chi connectivity index (χ1) is 5.79. The minimum atomic E-state index is 0.473. The molecule has 0 aliphatic rings. The van der Waals surface area contributed by atoms with E-state index < -0.39 is 0 Å². The number of carbonyl (C=O) groups is 1. The van der Waals surface area contributed by atoms with Crippen LogP contribution in [0, 0.1) is 0 Å². The number of carbonyl (C=O) groups excluding carboxylic acids is 1. The van der Waals surface area contributed by atoms with Crippen molar-refractivity contribution in [3.05, 3.63) is 17.8 Å². The van der Waals surface area contributed by atoms with E-state index in [4.69, 9.17) is 5.73 Å². The summed E-state index contributed by atoms with van der Waals surface area (Å²) in [5, 5.41) is 0.473. The number of aldehydes is 1. The van der Waals surface area contributed by atoms with E-state index in [2.05, 4.69) is 9.97 Å². The lowest BCUT2D eigenvalue weighted by atomic mass is 10.3. The predicted molar refractivity (Wildman–Crippen MR) is 47.2 cm³/mol. The summed E-state index contributed by atoms with van der Waals surface area (Å²) < 4.78 is 0.845. The second-order valence-electron chi connectivity index (χ2n) is 2.26. The summed E-state index contributed by atoms with van der Waals surface area (Å²) >= 11 is 1.33. The standard InChI is InChI=1S/C7H5N3OS/c8-7-10-6-5(12-7)1-4(3-11)2-9-6/h1-3H,(H2,8,9,10). The van der Waals surface area contributed by atoms with Gasteiger partial charge in [0.05, 0.1) is 4.70 Å². The Morgan fingerprint density at radius 2 is 2.42 bits per heavy atom. The van der Waals surface area contributed by atoms with Gasteiger partial charge in [0.1, 0.15) is 0 Å². The number of pyridine rings is 1. The lowest BCUT2D eigenvalue weighted by Crippen LogP contribution is -1.83. The van der Waals surface area contributed by atoms with E-state index in [-0.39, 0.29) is 0 Å². The third-order valence-corrected chi connectivity index (χ3v) is 2.24.